The predicted molar refractivity (Wildman–Crippen MR) is 80.7 cm³/mol. The zero-order chi connectivity index (χ0) is 14.2. The van der Waals surface area contributed by atoms with Crippen LogP contribution < -0.4 is 4.74 Å². The Hall–Kier alpha value is -1.83. The molecule has 0 fully saturated rings. The summed E-state index contributed by atoms with van der Waals surface area (Å²) in [6.45, 7) is 2.91. The topological polar surface area (TPSA) is 9.23 Å². The molecule has 0 N–H and O–H groups in total. The Bertz CT molecular complexity index is 536. The van der Waals surface area contributed by atoms with Gasteiger partial charge in [0.1, 0.15) is 11.6 Å². The number of unbranched alkanes of at least 4 members (excludes halogenated alkanes) is 1. The minimum Gasteiger partial charge on any atom is -0.493 e. The SMILES string of the molecule is CCCCOc1ccccc1CCc1cccc(F)c1. The minimum atomic E-state index is -0.171. The Labute approximate surface area is 120 Å². The summed E-state index contributed by atoms with van der Waals surface area (Å²) >= 11 is 0. The Morgan fingerprint density at radius 2 is 1.85 bits per heavy atom. The smallest absolute Gasteiger partial charge is 0.123 e. The van der Waals surface area contributed by atoms with E-state index in [1.807, 2.05) is 24.3 Å². The van der Waals surface area contributed by atoms with Crippen molar-refractivity contribution in [3.8, 4) is 5.75 Å². The molecular weight excluding hydrogens is 251 g/mol. The van der Waals surface area contributed by atoms with Crippen LogP contribution in [0.1, 0.15) is 30.9 Å². The van der Waals surface area contributed by atoms with E-state index in [2.05, 4.69) is 13.0 Å². The van der Waals surface area contributed by atoms with E-state index in [9.17, 15) is 4.39 Å². The van der Waals surface area contributed by atoms with E-state index in [0.717, 1.165) is 43.6 Å². The van der Waals surface area contributed by atoms with Gasteiger partial charge in [0.25, 0.3) is 0 Å². The summed E-state index contributed by atoms with van der Waals surface area (Å²) in [5.74, 6) is 0.785. The van der Waals surface area contributed by atoms with Crippen LogP contribution in [0.15, 0.2) is 48.5 Å². The Morgan fingerprint density at radius 3 is 2.65 bits per heavy atom. The van der Waals surface area contributed by atoms with Gasteiger partial charge in [-0.1, -0.05) is 43.7 Å². The lowest BCUT2D eigenvalue weighted by atomic mass is 10.0. The molecule has 2 aromatic carbocycles. The van der Waals surface area contributed by atoms with Crippen LogP contribution in [0, 0.1) is 5.82 Å². The Morgan fingerprint density at radius 1 is 1.00 bits per heavy atom. The second-order valence-electron chi connectivity index (χ2n) is 4.94. The lowest BCUT2D eigenvalue weighted by Gasteiger charge is -2.11. The van der Waals surface area contributed by atoms with Crippen LogP contribution in [0.2, 0.25) is 0 Å². The molecule has 0 saturated carbocycles. The van der Waals surface area contributed by atoms with Crippen molar-refractivity contribution >= 4 is 0 Å². The summed E-state index contributed by atoms with van der Waals surface area (Å²) in [5.41, 5.74) is 2.21. The van der Waals surface area contributed by atoms with Crippen molar-refractivity contribution in [2.24, 2.45) is 0 Å². The summed E-state index contributed by atoms with van der Waals surface area (Å²) in [6.07, 6.45) is 3.89. The standard InChI is InChI=1S/C18H21FO/c1-2-3-13-20-18-10-5-4-8-16(18)12-11-15-7-6-9-17(19)14-15/h4-10,14H,2-3,11-13H2,1H3. The van der Waals surface area contributed by atoms with E-state index in [0.29, 0.717) is 0 Å². The molecule has 2 rings (SSSR count). The first kappa shape index (κ1) is 14.6. The number of hydrogen-bond acceptors (Lipinski definition) is 1. The fourth-order valence-corrected chi connectivity index (χ4v) is 2.15. The van der Waals surface area contributed by atoms with Crippen LogP contribution in [0.4, 0.5) is 4.39 Å². The molecule has 0 spiro atoms. The lowest BCUT2D eigenvalue weighted by Crippen LogP contribution is -2.01. The summed E-state index contributed by atoms with van der Waals surface area (Å²) in [7, 11) is 0. The number of ether oxygens (including phenoxy) is 1. The summed E-state index contributed by atoms with van der Waals surface area (Å²) < 4.78 is 19.0. The van der Waals surface area contributed by atoms with Crippen LogP contribution in [-0.2, 0) is 12.8 Å². The predicted octanol–water partition coefficient (Wildman–Crippen LogP) is 4.79. The van der Waals surface area contributed by atoms with Gasteiger partial charge in [0.2, 0.25) is 0 Å². The van der Waals surface area contributed by atoms with Crippen LogP contribution in [-0.4, -0.2) is 6.61 Å². The second kappa shape index (κ2) is 7.68. The molecule has 0 saturated heterocycles. The molecule has 0 bridgehead atoms. The van der Waals surface area contributed by atoms with Gasteiger partial charge in [0, 0.05) is 0 Å². The molecule has 0 atom stereocenters. The third kappa shape index (κ3) is 4.37. The average Bonchev–Trinajstić information content (AvgIpc) is 2.47. The van der Waals surface area contributed by atoms with Crippen molar-refractivity contribution in [2.75, 3.05) is 6.61 Å². The normalized spacial score (nSPS) is 10.5. The highest BCUT2D eigenvalue weighted by Gasteiger charge is 2.04. The molecule has 0 aliphatic carbocycles. The van der Waals surface area contributed by atoms with Crippen molar-refractivity contribution in [3.63, 3.8) is 0 Å². The van der Waals surface area contributed by atoms with Gasteiger partial charge in [-0.3, -0.25) is 0 Å². The minimum absolute atomic E-state index is 0.171. The fourth-order valence-electron chi connectivity index (χ4n) is 2.15. The molecule has 0 radical (unpaired) electrons. The first-order valence-electron chi connectivity index (χ1n) is 7.24. The summed E-state index contributed by atoms with van der Waals surface area (Å²) in [4.78, 5) is 0. The van der Waals surface area contributed by atoms with Crippen LogP contribution in [0.25, 0.3) is 0 Å². The third-order valence-electron chi connectivity index (χ3n) is 3.30. The van der Waals surface area contributed by atoms with Crippen LogP contribution in [0.3, 0.4) is 0 Å². The van der Waals surface area contributed by atoms with Crippen molar-refractivity contribution in [2.45, 2.75) is 32.6 Å². The van der Waals surface area contributed by atoms with Crippen molar-refractivity contribution in [1.29, 1.82) is 0 Å². The van der Waals surface area contributed by atoms with Gasteiger partial charge >= 0.3 is 0 Å². The zero-order valence-electron chi connectivity index (χ0n) is 11.9. The van der Waals surface area contributed by atoms with E-state index in [-0.39, 0.29) is 5.82 Å². The number of para-hydroxylation sites is 1. The zero-order valence-corrected chi connectivity index (χ0v) is 11.9. The largest absolute Gasteiger partial charge is 0.493 e. The highest BCUT2D eigenvalue weighted by atomic mass is 19.1. The molecule has 1 nitrogen and oxygen atoms in total. The Balaban J connectivity index is 1.98. The maximum Gasteiger partial charge on any atom is 0.123 e. The molecule has 2 aromatic rings. The number of aryl methyl sites for hydroxylation is 2. The maximum atomic E-state index is 13.2. The van der Waals surface area contributed by atoms with E-state index in [4.69, 9.17) is 4.74 Å². The average molecular weight is 272 g/mol. The van der Waals surface area contributed by atoms with Gasteiger partial charge in [0.05, 0.1) is 6.61 Å². The van der Waals surface area contributed by atoms with E-state index in [1.165, 1.54) is 11.6 Å². The van der Waals surface area contributed by atoms with Crippen LogP contribution in [0.5, 0.6) is 5.75 Å². The number of rotatable bonds is 7. The molecule has 106 valence electrons. The number of halogens is 1. The fraction of sp³-hybridized carbons (Fsp3) is 0.333. The van der Waals surface area contributed by atoms with E-state index in [1.54, 1.807) is 12.1 Å². The molecule has 0 aliphatic rings. The number of hydrogen-bond donors (Lipinski definition) is 0. The molecule has 0 aliphatic heterocycles. The molecule has 0 heterocycles. The van der Waals surface area contributed by atoms with Gasteiger partial charge in [-0.25, -0.2) is 4.39 Å². The van der Waals surface area contributed by atoms with Crippen molar-refractivity contribution in [1.82, 2.24) is 0 Å². The van der Waals surface area contributed by atoms with E-state index >= 15 is 0 Å². The molecular formula is C18H21FO. The lowest BCUT2D eigenvalue weighted by molar-refractivity contribution is 0.306. The number of benzene rings is 2. The molecule has 2 heteroatoms. The first-order valence-corrected chi connectivity index (χ1v) is 7.24. The highest BCUT2D eigenvalue weighted by Crippen LogP contribution is 2.20. The summed E-state index contributed by atoms with van der Waals surface area (Å²) in [6, 6.07) is 14.9. The monoisotopic (exact) mass is 272 g/mol. The molecule has 0 amide bonds. The maximum absolute atomic E-state index is 13.2. The third-order valence-corrected chi connectivity index (χ3v) is 3.30. The molecule has 0 unspecified atom stereocenters. The van der Waals surface area contributed by atoms with Gasteiger partial charge in [-0.05, 0) is 48.6 Å². The van der Waals surface area contributed by atoms with Crippen molar-refractivity contribution in [3.05, 3.63) is 65.5 Å². The molecule has 0 aromatic heterocycles. The molecule has 20 heavy (non-hydrogen) atoms. The first-order chi connectivity index (χ1) is 9.79. The van der Waals surface area contributed by atoms with Gasteiger partial charge in [-0.2, -0.15) is 0 Å². The van der Waals surface area contributed by atoms with Crippen molar-refractivity contribution < 1.29 is 9.13 Å². The highest BCUT2D eigenvalue weighted by molar-refractivity contribution is 5.34. The Kier molecular flexibility index (Phi) is 5.60. The van der Waals surface area contributed by atoms with Crippen LogP contribution >= 0.6 is 0 Å². The quantitative estimate of drug-likeness (QED) is 0.658. The van der Waals surface area contributed by atoms with Gasteiger partial charge in [0.15, 0.2) is 0 Å². The second-order valence-corrected chi connectivity index (χ2v) is 4.94. The van der Waals surface area contributed by atoms with Gasteiger partial charge < -0.3 is 4.74 Å². The summed E-state index contributed by atoms with van der Waals surface area (Å²) in [5, 5.41) is 0. The van der Waals surface area contributed by atoms with Gasteiger partial charge in [-0.15, -0.1) is 0 Å². The van der Waals surface area contributed by atoms with E-state index < -0.39 is 0 Å².